The number of hydrogen-bond donors (Lipinski definition) is 2. The van der Waals surface area contributed by atoms with Crippen molar-refractivity contribution in [3.05, 3.63) is 17.2 Å². The molecule has 0 unspecified atom stereocenters. The van der Waals surface area contributed by atoms with Crippen molar-refractivity contribution in [2.75, 3.05) is 11.5 Å². The minimum Gasteiger partial charge on any atom is -0.399 e. The molecule has 0 bridgehead atoms. The highest BCUT2D eigenvalue weighted by atomic mass is 35.5. The zero-order chi connectivity index (χ0) is 13.7. The molecule has 1 fully saturated rings. The molecule has 4 nitrogen and oxygen atoms in total. The number of rotatable bonds is 1. The van der Waals surface area contributed by atoms with Crippen LogP contribution in [0.5, 0.6) is 0 Å². The Morgan fingerprint density at radius 1 is 1.06 bits per heavy atom. The van der Waals surface area contributed by atoms with Gasteiger partial charge in [-0.25, -0.2) is 0 Å². The third-order valence-corrected chi connectivity index (χ3v) is 3.93. The molecule has 2 rings (SSSR count). The van der Waals surface area contributed by atoms with Crippen molar-refractivity contribution >= 4 is 35.6 Å². The molecule has 1 heterocycles. The summed E-state index contributed by atoms with van der Waals surface area (Å²) in [6.45, 7) is 7.93. The SMILES string of the molecule is CC1(C)OB(c2cc(Cl)cc(N)c2N)OC1(C)C. The smallest absolute Gasteiger partial charge is 0.399 e. The largest absolute Gasteiger partial charge is 0.497 e. The van der Waals surface area contributed by atoms with Gasteiger partial charge in [0.25, 0.3) is 0 Å². The molecule has 1 aromatic rings. The van der Waals surface area contributed by atoms with Crippen LogP contribution in [0.25, 0.3) is 0 Å². The molecule has 98 valence electrons. The van der Waals surface area contributed by atoms with E-state index < -0.39 is 18.3 Å². The molecule has 1 aromatic carbocycles. The molecule has 0 saturated carbocycles. The molecule has 0 aromatic heterocycles. The van der Waals surface area contributed by atoms with Crippen LogP contribution < -0.4 is 16.9 Å². The number of hydrogen-bond acceptors (Lipinski definition) is 4. The Kier molecular flexibility index (Phi) is 3.04. The van der Waals surface area contributed by atoms with Crippen molar-refractivity contribution in [1.29, 1.82) is 0 Å². The van der Waals surface area contributed by atoms with Crippen LogP contribution in [0.3, 0.4) is 0 Å². The number of nitrogens with two attached hydrogens (primary N) is 2. The van der Waals surface area contributed by atoms with Gasteiger partial charge in [0.2, 0.25) is 0 Å². The lowest BCUT2D eigenvalue weighted by Crippen LogP contribution is -2.41. The molecule has 0 radical (unpaired) electrons. The lowest BCUT2D eigenvalue weighted by atomic mass is 9.77. The van der Waals surface area contributed by atoms with Gasteiger partial charge in [0.05, 0.1) is 22.6 Å². The molecule has 18 heavy (non-hydrogen) atoms. The standard InChI is InChI=1S/C12H18BClN2O2/c1-11(2)12(3,4)18-13(17-11)8-5-7(14)6-9(15)10(8)16/h5-6H,15-16H2,1-4H3. The average Bonchev–Trinajstić information content (AvgIpc) is 2.42. The summed E-state index contributed by atoms with van der Waals surface area (Å²) in [6, 6.07) is 3.35. The fourth-order valence-corrected chi connectivity index (χ4v) is 2.06. The normalized spacial score (nSPS) is 21.3. The van der Waals surface area contributed by atoms with Gasteiger partial charge in [-0.3, -0.25) is 0 Å². The van der Waals surface area contributed by atoms with Crippen LogP contribution in [-0.4, -0.2) is 18.3 Å². The Bertz CT molecular complexity index is 475. The highest BCUT2D eigenvalue weighted by Gasteiger charge is 2.52. The van der Waals surface area contributed by atoms with Crippen LogP contribution in [-0.2, 0) is 9.31 Å². The summed E-state index contributed by atoms with van der Waals surface area (Å²) in [5.74, 6) is 0. The predicted molar refractivity (Wildman–Crippen MR) is 76.0 cm³/mol. The monoisotopic (exact) mass is 268 g/mol. The van der Waals surface area contributed by atoms with Gasteiger partial charge in [-0.1, -0.05) is 11.6 Å². The van der Waals surface area contributed by atoms with Gasteiger partial charge >= 0.3 is 7.12 Å². The third kappa shape index (κ3) is 2.07. The fraction of sp³-hybridized carbons (Fsp3) is 0.500. The second-order valence-electron chi connectivity index (χ2n) is 5.59. The van der Waals surface area contributed by atoms with Crippen molar-refractivity contribution in [3.63, 3.8) is 0 Å². The second-order valence-corrected chi connectivity index (χ2v) is 6.02. The Balaban J connectivity index is 2.41. The Labute approximate surface area is 113 Å². The Hall–Kier alpha value is -0.905. The van der Waals surface area contributed by atoms with E-state index in [-0.39, 0.29) is 0 Å². The predicted octanol–water partition coefficient (Wildman–Crippen LogP) is 1.80. The van der Waals surface area contributed by atoms with Crippen LogP contribution >= 0.6 is 11.6 Å². The molecule has 1 aliphatic heterocycles. The summed E-state index contributed by atoms with van der Waals surface area (Å²) in [5, 5.41) is 0.520. The van der Waals surface area contributed by atoms with Crippen LogP contribution in [0.15, 0.2) is 12.1 Å². The van der Waals surface area contributed by atoms with Gasteiger partial charge in [-0.2, -0.15) is 0 Å². The topological polar surface area (TPSA) is 70.5 Å². The van der Waals surface area contributed by atoms with Gasteiger partial charge in [-0.15, -0.1) is 0 Å². The van der Waals surface area contributed by atoms with Gasteiger partial charge in [-0.05, 0) is 39.8 Å². The lowest BCUT2D eigenvalue weighted by molar-refractivity contribution is 0.00578. The number of nitrogen functional groups attached to an aromatic ring is 2. The minimum absolute atomic E-state index is 0.415. The maximum Gasteiger partial charge on any atom is 0.497 e. The summed E-state index contributed by atoms with van der Waals surface area (Å²) in [6.07, 6.45) is 0. The van der Waals surface area contributed by atoms with Gasteiger partial charge in [0.1, 0.15) is 0 Å². The average molecular weight is 269 g/mol. The molecule has 6 heteroatoms. The summed E-state index contributed by atoms with van der Waals surface area (Å²) in [5.41, 5.74) is 12.5. The maximum atomic E-state index is 6.00. The van der Waals surface area contributed by atoms with E-state index >= 15 is 0 Å². The first-order valence-electron chi connectivity index (χ1n) is 5.84. The van der Waals surface area contributed by atoms with E-state index in [0.29, 0.717) is 21.9 Å². The van der Waals surface area contributed by atoms with Crippen LogP contribution in [0.4, 0.5) is 11.4 Å². The molecular formula is C12H18BClN2O2. The van der Waals surface area contributed by atoms with Crippen LogP contribution in [0.2, 0.25) is 5.02 Å². The van der Waals surface area contributed by atoms with E-state index in [1.165, 1.54) is 0 Å². The third-order valence-electron chi connectivity index (χ3n) is 3.72. The number of anilines is 2. The summed E-state index contributed by atoms with van der Waals surface area (Å²) in [4.78, 5) is 0. The van der Waals surface area contributed by atoms with E-state index in [2.05, 4.69) is 0 Å². The quantitative estimate of drug-likeness (QED) is 0.602. The van der Waals surface area contributed by atoms with E-state index in [4.69, 9.17) is 32.4 Å². The zero-order valence-electron chi connectivity index (χ0n) is 11.1. The van der Waals surface area contributed by atoms with Crippen molar-refractivity contribution in [2.24, 2.45) is 0 Å². The minimum atomic E-state index is -0.545. The van der Waals surface area contributed by atoms with Gasteiger partial charge < -0.3 is 20.8 Å². The molecule has 0 amide bonds. The highest BCUT2D eigenvalue weighted by molar-refractivity contribution is 6.64. The molecule has 0 spiro atoms. The van der Waals surface area contributed by atoms with E-state index in [1.807, 2.05) is 27.7 Å². The molecule has 1 saturated heterocycles. The molecular weight excluding hydrogens is 250 g/mol. The van der Waals surface area contributed by atoms with E-state index in [0.717, 1.165) is 0 Å². The summed E-state index contributed by atoms with van der Waals surface area (Å²) in [7, 11) is -0.545. The first-order valence-corrected chi connectivity index (χ1v) is 6.22. The Morgan fingerprint density at radius 2 is 1.56 bits per heavy atom. The second kappa shape index (κ2) is 4.05. The zero-order valence-corrected chi connectivity index (χ0v) is 11.8. The van der Waals surface area contributed by atoms with Crippen LogP contribution in [0, 0.1) is 0 Å². The van der Waals surface area contributed by atoms with Gasteiger partial charge in [0, 0.05) is 10.5 Å². The number of benzene rings is 1. The lowest BCUT2D eigenvalue weighted by Gasteiger charge is -2.32. The number of halogens is 1. The van der Waals surface area contributed by atoms with E-state index in [1.54, 1.807) is 12.1 Å². The van der Waals surface area contributed by atoms with Crippen molar-refractivity contribution < 1.29 is 9.31 Å². The molecule has 4 N–H and O–H groups in total. The van der Waals surface area contributed by atoms with Gasteiger partial charge in [0.15, 0.2) is 0 Å². The highest BCUT2D eigenvalue weighted by Crippen LogP contribution is 2.37. The van der Waals surface area contributed by atoms with Crippen molar-refractivity contribution in [3.8, 4) is 0 Å². The summed E-state index contributed by atoms with van der Waals surface area (Å²) < 4.78 is 11.8. The Morgan fingerprint density at radius 3 is 2.06 bits per heavy atom. The molecule has 0 atom stereocenters. The van der Waals surface area contributed by atoms with E-state index in [9.17, 15) is 0 Å². The summed E-state index contributed by atoms with van der Waals surface area (Å²) >= 11 is 6.00. The van der Waals surface area contributed by atoms with Crippen molar-refractivity contribution in [2.45, 2.75) is 38.9 Å². The first-order chi connectivity index (χ1) is 8.14. The van der Waals surface area contributed by atoms with Crippen LogP contribution in [0.1, 0.15) is 27.7 Å². The maximum absolute atomic E-state index is 6.00. The molecule has 1 aliphatic rings. The first kappa shape index (κ1) is 13.5. The molecule has 0 aliphatic carbocycles. The van der Waals surface area contributed by atoms with Crippen molar-refractivity contribution in [1.82, 2.24) is 0 Å². The fourth-order valence-electron chi connectivity index (χ4n) is 1.83.